The Morgan fingerprint density at radius 2 is 1.96 bits per heavy atom. The van der Waals surface area contributed by atoms with E-state index in [4.69, 9.17) is 16.3 Å². The molecule has 1 heterocycles. The minimum absolute atomic E-state index is 0.241. The van der Waals surface area contributed by atoms with Gasteiger partial charge in [0.1, 0.15) is 5.75 Å². The molecule has 0 radical (unpaired) electrons. The normalized spacial score (nSPS) is 10.5. The van der Waals surface area contributed by atoms with Crippen LogP contribution < -0.4 is 15.4 Å². The molecule has 0 aliphatic carbocycles. The molecule has 0 aliphatic heterocycles. The number of nitrogens with one attached hydrogen (secondary N) is 2. The molecular weight excluding hydrogens is 362 g/mol. The SMILES string of the molecule is COc1cc(NC(C)=O)c(Cl)cc1C(=O)Nc1nc2ccccc2s1. The number of anilines is 2. The summed E-state index contributed by atoms with van der Waals surface area (Å²) in [5, 5.41) is 6.06. The van der Waals surface area contributed by atoms with Gasteiger partial charge in [0.15, 0.2) is 5.13 Å². The van der Waals surface area contributed by atoms with Crippen LogP contribution in [-0.4, -0.2) is 23.9 Å². The average Bonchev–Trinajstić information content (AvgIpc) is 2.98. The van der Waals surface area contributed by atoms with Crippen molar-refractivity contribution in [1.82, 2.24) is 4.98 Å². The van der Waals surface area contributed by atoms with Crippen molar-refractivity contribution in [2.75, 3.05) is 17.7 Å². The molecule has 1 aromatic heterocycles. The maximum absolute atomic E-state index is 12.6. The molecule has 0 saturated carbocycles. The van der Waals surface area contributed by atoms with E-state index >= 15 is 0 Å². The van der Waals surface area contributed by atoms with Gasteiger partial charge in [0.25, 0.3) is 5.91 Å². The molecule has 0 spiro atoms. The van der Waals surface area contributed by atoms with Crippen molar-refractivity contribution < 1.29 is 14.3 Å². The average molecular weight is 376 g/mol. The van der Waals surface area contributed by atoms with Crippen molar-refractivity contribution in [3.63, 3.8) is 0 Å². The summed E-state index contributed by atoms with van der Waals surface area (Å²) in [7, 11) is 1.44. The van der Waals surface area contributed by atoms with Crippen molar-refractivity contribution in [3.8, 4) is 5.75 Å². The Balaban J connectivity index is 1.90. The van der Waals surface area contributed by atoms with Gasteiger partial charge in [-0.25, -0.2) is 4.98 Å². The van der Waals surface area contributed by atoms with Gasteiger partial charge >= 0.3 is 0 Å². The summed E-state index contributed by atoms with van der Waals surface area (Å²) >= 11 is 7.53. The third-order valence-electron chi connectivity index (χ3n) is 3.36. The van der Waals surface area contributed by atoms with Crippen LogP contribution in [0.15, 0.2) is 36.4 Å². The topological polar surface area (TPSA) is 80.3 Å². The molecule has 6 nitrogen and oxygen atoms in total. The maximum atomic E-state index is 12.6. The van der Waals surface area contributed by atoms with Crippen LogP contribution in [0.4, 0.5) is 10.8 Å². The summed E-state index contributed by atoms with van der Waals surface area (Å²) < 4.78 is 6.23. The molecule has 0 saturated heterocycles. The monoisotopic (exact) mass is 375 g/mol. The highest BCUT2D eigenvalue weighted by Crippen LogP contribution is 2.32. The van der Waals surface area contributed by atoms with Gasteiger partial charge < -0.3 is 10.1 Å². The molecule has 2 aromatic carbocycles. The highest BCUT2D eigenvalue weighted by atomic mass is 35.5. The van der Waals surface area contributed by atoms with Crippen molar-refractivity contribution in [2.45, 2.75) is 6.92 Å². The Bertz CT molecular complexity index is 938. The lowest BCUT2D eigenvalue weighted by Crippen LogP contribution is -2.14. The smallest absolute Gasteiger partial charge is 0.261 e. The molecule has 2 amide bonds. The van der Waals surface area contributed by atoms with Gasteiger partial charge in [-0.15, -0.1) is 0 Å². The standard InChI is InChI=1S/C17H14ClN3O3S/c1-9(22)19-13-8-14(24-2)10(7-11(13)18)16(23)21-17-20-12-5-3-4-6-15(12)25-17/h3-8H,1-2H3,(H,19,22)(H,20,21,23). The van der Waals surface area contributed by atoms with Crippen LogP contribution in [-0.2, 0) is 4.79 Å². The molecule has 0 unspecified atom stereocenters. The van der Waals surface area contributed by atoms with E-state index in [1.54, 1.807) is 0 Å². The maximum Gasteiger partial charge on any atom is 0.261 e. The second-order valence-electron chi connectivity index (χ2n) is 5.15. The molecule has 0 aliphatic rings. The number of nitrogens with zero attached hydrogens (tertiary/aromatic N) is 1. The number of fused-ring (bicyclic) bond motifs is 1. The fraction of sp³-hybridized carbons (Fsp3) is 0.118. The van der Waals surface area contributed by atoms with Crippen LogP contribution in [0, 0.1) is 0 Å². The number of aromatic nitrogens is 1. The molecular formula is C17H14ClN3O3S. The van der Waals surface area contributed by atoms with Crippen molar-refractivity contribution in [1.29, 1.82) is 0 Å². The Hall–Kier alpha value is -2.64. The summed E-state index contributed by atoms with van der Waals surface area (Å²) in [5.41, 5.74) is 1.44. The van der Waals surface area contributed by atoms with Crippen LogP contribution in [0.3, 0.4) is 0 Å². The van der Waals surface area contributed by atoms with Gasteiger partial charge in [-0.3, -0.25) is 14.9 Å². The van der Waals surface area contributed by atoms with E-state index in [2.05, 4.69) is 15.6 Å². The van der Waals surface area contributed by atoms with E-state index in [0.29, 0.717) is 16.6 Å². The van der Waals surface area contributed by atoms with Crippen LogP contribution >= 0.6 is 22.9 Å². The number of amides is 2. The van der Waals surface area contributed by atoms with Crippen molar-refractivity contribution >= 4 is 55.8 Å². The van der Waals surface area contributed by atoms with E-state index in [-0.39, 0.29) is 16.5 Å². The Morgan fingerprint density at radius 1 is 1.20 bits per heavy atom. The van der Waals surface area contributed by atoms with E-state index in [1.807, 2.05) is 24.3 Å². The van der Waals surface area contributed by atoms with Crippen LogP contribution in [0.1, 0.15) is 17.3 Å². The number of ether oxygens (including phenoxy) is 1. The molecule has 3 aromatic rings. The molecule has 0 atom stereocenters. The zero-order valence-electron chi connectivity index (χ0n) is 13.4. The lowest BCUT2D eigenvalue weighted by atomic mass is 10.1. The molecule has 8 heteroatoms. The Morgan fingerprint density at radius 3 is 2.64 bits per heavy atom. The van der Waals surface area contributed by atoms with E-state index in [9.17, 15) is 9.59 Å². The second kappa shape index (κ2) is 7.08. The highest BCUT2D eigenvalue weighted by Gasteiger charge is 2.18. The van der Waals surface area contributed by atoms with Crippen LogP contribution in [0.2, 0.25) is 5.02 Å². The summed E-state index contributed by atoms with van der Waals surface area (Å²) in [6.07, 6.45) is 0. The fourth-order valence-corrected chi connectivity index (χ4v) is 3.35. The summed E-state index contributed by atoms with van der Waals surface area (Å²) in [4.78, 5) is 28.2. The lowest BCUT2D eigenvalue weighted by Gasteiger charge is -2.12. The lowest BCUT2D eigenvalue weighted by molar-refractivity contribution is -0.114. The third-order valence-corrected chi connectivity index (χ3v) is 4.62. The second-order valence-corrected chi connectivity index (χ2v) is 6.59. The molecule has 2 N–H and O–H groups in total. The number of carbonyl (C=O) groups excluding carboxylic acids is 2. The number of halogens is 1. The van der Waals surface area contributed by atoms with E-state index < -0.39 is 5.91 Å². The number of benzene rings is 2. The van der Waals surface area contributed by atoms with Crippen molar-refractivity contribution in [3.05, 3.63) is 47.0 Å². The summed E-state index contributed by atoms with van der Waals surface area (Å²) in [6, 6.07) is 10.6. The van der Waals surface area contributed by atoms with Gasteiger partial charge in [-0.1, -0.05) is 35.1 Å². The van der Waals surface area contributed by atoms with E-state index in [1.165, 1.54) is 37.5 Å². The molecule has 128 valence electrons. The largest absolute Gasteiger partial charge is 0.496 e. The first-order valence-electron chi connectivity index (χ1n) is 7.30. The molecule has 0 bridgehead atoms. The minimum Gasteiger partial charge on any atom is -0.496 e. The number of rotatable bonds is 4. The third kappa shape index (κ3) is 3.72. The zero-order valence-corrected chi connectivity index (χ0v) is 15.0. The summed E-state index contributed by atoms with van der Waals surface area (Å²) in [5.74, 6) is -0.366. The minimum atomic E-state index is -0.396. The van der Waals surface area contributed by atoms with Gasteiger partial charge in [0.2, 0.25) is 5.91 Å². The quantitative estimate of drug-likeness (QED) is 0.717. The van der Waals surface area contributed by atoms with Gasteiger partial charge in [-0.05, 0) is 18.2 Å². The number of methoxy groups -OCH3 is 1. The van der Waals surface area contributed by atoms with Crippen molar-refractivity contribution in [2.24, 2.45) is 0 Å². The molecule has 25 heavy (non-hydrogen) atoms. The number of thiazole rings is 1. The van der Waals surface area contributed by atoms with Gasteiger partial charge in [0, 0.05) is 13.0 Å². The zero-order chi connectivity index (χ0) is 18.0. The van der Waals surface area contributed by atoms with Gasteiger partial charge in [-0.2, -0.15) is 0 Å². The first-order chi connectivity index (χ1) is 12.0. The summed E-state index contributed by atoms with van der Waals surface area (Å²) in [6.45, 7) is 1.37. The Kier molecular flexibility index (Phi) is 4.87. The first kappa shape index (κ1) is 17.2. The van der Waals surface area contributed by atoms with Crippen LogP contribution in [0.25, 0.3) is 10.2 Å². The number of hydrogen-bond donors (Lipinski definition) is 2. The number of carbonyl (C=O) groups is 2. The predicted molar refractivity (Wildman–Crippen MR) is 99.9 cm³/mol. The Labute approximate surface area is 152 Å². The number of hydrogen-bond acceptors (Lipinski definition) is 5. The van der Waals surface area contributed by atoms with E-state index in [0.717, 1.165) is 10.2 Å². The fourth-order valence-electron chi connectivity index (χ4n) is 2.28. The molecule has 3 rings (SSSR count). The van der Waals surface area contributed by atoms with Crippen LogP contribution in [0.5, 0.6) is 5.75 Å². The predicted octanol–water partition coefficient (Wildman–Crippen LogP) is 4.17. The molecule has 0 fully saturated rings. The van der Waals surface area contributed by atoms with Gasteiger partial charge in [0.05, 0.1) is 33.6 Å². The number of para-hydroxylation sites is 1. The first-order valence-corrected chi connectivity index (χ1v) is 8.49. The highest BCUT2D eigenvalue weighted by molar-refractivity contribution is 7.22.